The molecule has 0 aliphatic heterocycles. The van der Waals surface area contributed by atoms with Crippen molar-refractivity contribution < 1.29 is 4.74 Å². The van der Waals surface area contributed by atoms with E-state index < -0.39 is 0 Å². The molecule has 1 nitrogen and oxygen atoms in total. The number of rotatable bonds is 8. The highest BCUT2D eigenvalue weighted by molar-refractivity contribution is 9.14. The summed E-state index contributed by atoms with van der Waals surface area (Å²) in [5.74, 6) is 0.863. The quantitative estimate of drug-likeness (QED) is 0.278. The van der Waals surface area contributed by atoms with E-state index in [0.717, 1.165) is 12.2 Å². The number of halogens is 4. The smallest absolute Gasteiger partial charge is 0.119 e. The fraction of sp³-hybridized carbons (Fsp3) is 0.467. The van der Waals surface area contributed by atoms with Gasteiger partial charge in [-0.3, -0.25) is 0 Å². The first-order valence-electron chi connectivity index (χ1n) is 6.41. The summed E-state index contributed by atoms with van der Waals surface area (Å²) < 4.78 is 5.49. The summed E-state index contributed by atoms with van der Waals surface area (Å²) in [4.78, 5) is 1.29. The minimum Gasteiger partial charge on any atom is -0.490 e. The van der Waals surface area contributed by atoms with Gasteiger partial charge in [-0.15, -0.1) is 0 Å². The molecule has 0 saturated heterocycles. The van der Waals surface area contributed by atoms with Gasteiger partial charge in [0, 0.05) is 14.5 Å². The molecule has 1 aromatic carbocycles. The Morgan fingerprint density at radius 1 is 1.10 bits per heavy atom. The van der Waals surface area contributed by atoms with Crippen molar-refractivity contribution in [3.05, 3.63) is 42.5 Å². The number of hydrogen-bond donors (Lipinski definition) is 0. The van der Waals surface area contributed by atoms with E-state index in [1.807, 2.05) is 12.1 Å². The molecule has 0 spiro atoms. The van der Waals surface area contributed by atoms with E-state index in [1.165, 1.54) is 5.56 Å². The molecule has 0 saturated carbocycles. The number of benzene rings is 1. The van der Waals surface area contributed by atoms with Crippen LogP contribution >= 0.6 is 63.7 Å². The summed E-state index contributed by atoms with van der Waals surface area (Å²) in [5.41, 5.74) is 1.22. The molecule has 0 aliphatic rings. The zero-order chi connectivity index (χ0) is 15.1. The molecule has 1 aromatic rings. The third kappa shape index (κ3) is 5.47. The van der Waals surface area contributed by atoms with Gasteiger partial charge in [0.25, 0.3) is 0 Å². The summed E-state index contributed by atoms with van der Waals surface area (Å²) in [7, 11) is 0. The molecule has 4 unspecified atom stereocenters. The van der Waals surface area contributed by atoms with Crippen molar-refractivity contribution in [3.8, 4) is 5.75 Å². The van der Waals surface area contributed by atoms with Gasteiger partial charge >= 0.3 is 0 Å². The third-order valence-corrected chi connectivity index (χ3v) is 9.64. The monoisotopic (exact) mass is 530 g/mol. The zero-order valence-corrected chi connectivity index (χ0v) is 17.6. The molecule has 0 aromatic heterocycles. The normalized spacial score (nSPS) is 17.1. The first-order chi connectivity index (χ1) is 9.51. The lowest BCUT2D eigenvalue weighted by atomic mass is 10.1. The highest BCUT2D eigenvalue weighted by Gasteiger charge is 2.29. The van der Waals surface area contributed by atoms with Crippen LogP contribution in [0.4, 0.5) is 0 Å². The maximum Gasteiger partial charge on any atom is 0.119 e. The van der Waals surface area contributed by atoms with E-state index >= 15 is 0 Å². The van der Waals surface area contributed by atoms with Gasteiger partial charge in [-0.2, -0.15) is 0 Å². The van der Waals surface area contributed by atoms with Crippen LogP contribution in [0.15, 0.2) is 36.9 Å². The lowest BCUT2D eigenvalue weighted by Gasteiger charge is -2.25. The van der Waals surface area contributed by atoms with E-state index in [9.17, 15) is 0 Å². The van der Waals surface area contributed by atoms with Crippen LogP contribution in [0.3, 0.4) is 0 Å². The van der Waals surface area contributed by atoms with Crippen LogP contribution in [0.5, 0.6) is 5.75 Å². The molecule has 0 N–H and O–H groups in total. The topological polar surface area (TPSA) is 9.23 Å². The second-order valence-corrected chi connectivity index (χ2v) is 8.66. The van der Waals surface area contributed by atoms with E-state index in [2.05, 4.69) is 89.4 Å². The molecule has 0 radical (unpaired) electrons. The van der Waals surface area contributed by atoms with Gasteiger partial charge in [-0.25, -0.2) is 0 Å². The highest BCUT2D eigenvalue weighted by Crippen LogP contribution is 2.39. The Hall–Kier alpha value is 0.680. The van der Waals surface area contributed by atoms with E-state index in [-0.39, 0.29) is 9.65 Å². The van der Waals surface area contributed by atoms with Crippen LogP contribution in [0, 0.1) is 0 Å². The maximum atomic E-state index is 5.49. The van der Waals surface area contributed by atoms with Crippen molar-refractivity contribution in [1.29, 1.82) is 0 Å². The predicted molar refractivity (Wildman–Crippen MR) is 102 cm³/mol. The standard InChI is InChI=1S/C15H18Br4O/c1-3-9-20-11-7-5-10(6-8-11)13(17)15(19)14(18)12(16)4-2/h3,5-8,12-15H,1,4,9H2,2H3. The van der Waals surface area contributed by atoms with Crippen LogP contribution in [0.2, 0.25) is 0 Å². The van der Waals surface area contributed by atoms with E-state index in [4.69, 9.17) is 4.74 Å². The predicted octanol–water partition coefficient (Wildman–Crippen LogP) is 6.39. The fourth-order valence-corrected chi connectivity index (χ4v) is 4.81. The fourth-order valence-electron chi connectivity index (χ4n) is 1.67. The van der Waals surface area contributed by atoms with Gasteiger partial charge in [0.05, 0.1) is 4.83 Å². The van der Waals surface area contributed by atoms with Gasteiger partial charge in [-0.1, -0.05) is 95.4 Å². The van der Waals surface area contributed by atoms with Crippen molar-refractivity contribution >= 4 is 63.7 Å². The highest BCUT2D eigenvalue weighted by atomic mass is 79.9. The Kier molecular flexibility index (Phi) is 9.03. The Labute approximate surface area is 155 Å². The maximum absolute atomic E-state index is 5.49. The minimum absolute atomic E-state index is 0.229. The van der Waals surface area contributed by atoms with Crippen LogP contribution in [-0.2, 0) is 0 Å². The van der Waals surface area contributed by atoms with Gasteiger partial charge < -0.3 is 4.74 Å². The lowest BCUT2D eigenvalue weighted by Crippen LogP contribution is -2.27. The third-order valence-electron chi connectivity index (χ3n) is 2.89. The van der Waals surface area contributed by atoms with Crippen LogP contribution < -0.4 is 4.74 Å². The Balaban J connectivity index is 2.71. The average molecular weight is 534 g/mol. The summed E-state index contributed by atoms with van der Waals surface area (Å²) in [6.45, 7) is 6.34. The van der Waals surface area contributed by atoms with Crippen molar-refractivity contribution in [3.63, 3.8) is 0 Å². The summed E-state index contributed by atoms with van der Waals surface area (Å²) in [6, 6.07) is 8.14. The van der Waals surface area contributed by atoms with Crippen molar-refractivity contribution in [2.24, 2.45) is 0 Å². The molecule has 0 fully saturated rings. The SMILES string of the molecule is C=CCOc1ccc(C(Br)C(Br)C(Br)C(Br)CC)cc1. The summed E-state index contributed by atoms with van der Waals surface area (Å²) in [6.07, 6.45) is 2.82. The largest absolute Gasteiger partial charge is 0.490 e. The van der Waals surface area contributed by atoms with Crippen molar-refractivity contribution in [2.45, 2.75) is 32.7 Å². The second kappa shape index (κ2) is 9.65. The molecule has 0 bridgehead atoms. The molecule has 0 aliphatic carbocycles. The van der Waals surface area contributed by atoms with Crippen molar-refractivity contribution in [1.82, 2.24) is 0 Å². The van der Waals surface area contributed by atoms with Gasteiger partial charge in [0.15, 0.2) is 0 Å². The van der Waals surface area contributed by atoms with Crippen LogP contribution in [-0.4, -0.2) is 21.1 Å². The minimum atomic E-state index is 0.229. The molecule has 1 rings (SSSR count). The summed E-state index contributed by atoms with van der Waals surface area (Å²) in [5, 5.41) is 0. The average Bonchev–Trinajstić information content (AvgIpc) is 2.50. The van der Waals surface area contributed by atoms with Gasteiger partial charge in [0.2, 0.25) is 0 Å². The van der Waals surface area contributed by atoms with E-state index in [1.54, 1.807) is 6.08 Å². The molecule has 0 heterocycles. The number of ether oxygens (including phenoxy) is 1. The van der Waals surface area contributed by atoms with Gasteiger partial charge in [0.1, 0.15) is 12.4 Å². The Morgan fingerprint density at radius 3 is 2.20 bits per heavy atom. The van der Waals surface area contributed by atoms with E-state index in [0.29, 0.717) is 16.3 Å². The molecule has 0 amide bonds. The Morgan fingerprint density at radius 2 is 1.70 bits per heavy atom. The summed E-state index contributed by atoms with van der Waals surface area (Å²) >= 11 is 15.0. The number of hydrogen-bond acceptors (Lipinski definition) is 1. The molecular weight excluding hydrogens is 516 g/mol. The molecule has 5 heteroatoms. The molecule has 112 valence electrons. The Bertz CT molecular complexity index is 407. The molecular formula is C15H18Br4O. The number of alkyl halides is 4. The first-order valence-corrected chi connectivity index (χ1v) is 10.1. The molecule has 20 heavy (non-hydrogen) atoms. The first kappa shape index (κ1) is 18.7. The van der Waals surface area contributed by atoms with Crippen molar-refractivity contribution in [2.75, 3.05) is 6.61 Å². The van der Waals surface area contributed by atoms with Crippen LogP contribution in [0.25, 0.3) is 0 Å². The zero-order valence-electron chi connectivity index (χ0n) is 11.2. The van der Waals surface area contributed by atoms with Crippen LogP contribution in [0.1, 0.15) is 23.7 Å². The second-order valence-electron chi connectivity index (χ2n) is 4.38. The molecule has 4 atom stereocenters. The lowest BCUT2D eigenvalue weighted by molar-refractivity contribution is 0.363. The van der Waals surface area contributed by atoms with Gasteiger partial charge in [-0.05, 0) is 24.1 Å².